The predicted octanol–water partition coefficient (Wildman–Crippen LogP) is 2.61. The van der Waals surface area contributed by atoms with Crippen LogP contribution < -0.4 is 15.2 Å². The molecule has 1 saturated carbocycles. The lowest BCUT2D eigenvalue weighted by atomic mass is 9.90. The third kappa shape index (κ3) is 5.06. The van der Waals surface area contributed by atoms with Crippen LogP contribution in [0.3, 0.4) is 0 Å². The third-order valence-electron chi connectivity index (χ3n) is 5.38. The van der Waals surface area contributed by atoms with Crippen LogP contribution in [0.4, 0.5) is 5.95 Å². The number of aromatic amines is 1. The van der Waals surface area contributed by atoms with Gasteiger partial charge in [0.05, 0.1) is 17.8 Å². The first-order valence-corrected chi connectivity index (χ1v) is 11.7. The summed E-state index contributed by atoms with van der Waals surface area (Å²) in [5, 5.41) is 8.33. The maximum atomic E-state index is 11.3. The number of H-pyrrole nitrogens is 1. The topological polar surface area (TPSA) is 136 Å². The molecule has 0 atom stereocenters. The Morgan fingerprint density at radius 3 is 2.63 bits per heavy atom. The molecule has 2 heterocycles. The molecule has 30 heavy (non-hydrogen) atoms. The van der Waals surface area contributed by atoms with Crippen LogP contribution in [0, 0.1) is 5.92 Å². The lowest BCUT2D eigenvalue weighted by Crippen LogP contribution is -2.16. The van der Waals surface area contributed by atoms with Gasteiger partial charge in [-0.2, -0.15) is 9.97 Å². The number of hydrogen-bond acceptors (Lipinski definition) is 7. The summed E-state index contributed by atoms with van der Waals surface area (Å²) in [7, 11) is -3.68. The highest BCUT2D eigenvalue weighted by molar-refractivity contribution is 7.89. The van der Waals surface area contributed by atoms with Crippen molar-refractivity contribution in [2.24, 2.45) is 11.1 Å². The Balaban J connectivity index is 1.39. The molecule has 10 heteroatoms. The number of ether oxygens (including phenoxy) is 1. The van der Waals surface area contributed by atoms with Gasteiger partial charge in [0.25, 0.3) is 0 Å². The molecular weight excluding hydrogens is 404 g/mol. The maximum Gasteiger partial charge on any atom is 0.245 e. The first-order valence-electron chi connectivity index (χ1n) is 10.2. The van der Waals surface area contributed by atoms with Gasteiger partial charge in [0.15, 0.2) is 5.65 Å². The highest BCUT2D eigenvalue weighted by Gasteiger charge is 2.17. The van der Waals surface area contributed by atoms with Crippen molar-refractivity contribution in [2.75, 3.05) is 18.5 Å². The molecule has 0 radical (unpaired) electrons. The average Bonchev–Trinajstić information content (AvgIpc) is 3.21. The molecule has 4 N–H and O–H groups in total. The molecule has 0 spiro atoms. The summed E-state index contributed by atoms with van der Waals surface area (Å²) < 4.78 is 28.7. The van der Waals surface area contributed by atoms with Crippen molar-refractivity contribution >= 4 is 27.1 Å². The predicted molar refractivity (Wildman–Crippen MR) is 114 cm³/mol. The van der Waals surface area contributed by atoms with Gasteiger partial charge in [-0.1, -0.05) is 31.4 Å². The number of hydrogen-bond donors (Lipinski definition) is 3. The lowest BCUT2D eigenvalue weighted by Gasteiger charge is -2.21. The zero-order valence-corrected chi connectivity index (χ0v) is 17.5. The van der Waals surface area contributed by atoms with Crippen LogP contribution in [0.2, 0.25) is 0 Å². The molecule has 1 aliphatic carbocycles. The van der Waals surface area contributed by atoms with Gasteiger partial charge in [-0.15, -0.1) is 0 Å². The van der Waals surface area contributed by atoms with Crippen LogP contribution in [0.25, 0.3) is 11.2 Å². The summed E-state index contributed by atoms with van der Waals surface area (Å²) in [5.74, 6) is 1.54. The van der Waals surface area contributed by atoms with Crippen molar-refractivity contribution in [3.05, 3.63) is 36.2 Å². The largest absolute Gasteiger partial charge is 0.476 e. The van der Waals surface area contributed by atoms with E-state index in [4.69, 9.17) is 9.88 Å². The first kappa shape index (κ1) is 20.5. The number of anilines is 1. The van der Waals surface area contributed by atoms with E-state index in [1.165, 1.54) is 44.2 Å². The number of aromatic nitrogens is 4. The van der Waals surface area contributed by atoms with E-state index in [0.29, 0.717) is 48.5 Å². The molecule has 0 bridgehead atoms. The Bertz CT molecular complexity index is 1090. The summed E-state index contributed by atoms with van der Waals surface area (Å²) in [6.45, 7) is 1.23. The van der Waals surface area contributed by atoms with Crippen molar-refractivity contribution in [1.29, 1.82) is 0 Å². The summed E-state index contributed by atoms with van der Waals surface area (Å²) in [6.07, 6.45) is 8.51. The quantitative estimate of drug-likeness (QED) is 0.500. The fourth-order valence-corrected chi connectivity index (χ4v) is 4.22. The molecule has 0 aliphatic heterocycles. The van der Waals surface area contributed by atoms with Crippen molar-refractivity contribution < 1.29 is 13.2 Å². The first-order chi connectivity index (χ1) is 14.5. The Morgan fingerprint density at radius 1 is 1.13 bits per heavy atom. The minimum absolute atomic E-state index is 0.103. The molecule has 0 saturated heterocycles. The minimum atomic E-state index is -3.68. The van der Waals surface area contributed by atoms with E-state index in [1.807, 2.05) is 0 Å². The number of rotatable bonds is 8. The number of benzene rings is 1. The van der Waals surface area contributed by atoms with Crippen LogP contribution in [-0.4, -0.2) is 41.5 Å². The van der Waals surface area contributed by atoms with Crippen molar-refractivity contribution in [1.82, 2.24) is 19.9 Å². The number of imidazole rings is 1. The van der Waals surface area contributed by atoms with E-state index in [1.54, 1.807) is 18.5 Å². The number of sulfonamides is 1. The highest BCUT2D eigenvalue weighted by Crippen LogP contribution is 2.26. The Hall–Kier alpha value is -2.72. The van der Waals surface area contributed by atoms with E-state index in [2.05, 4.69) is 25.3 Å². The standard InChI is InChI=1S/C20H26N6O3S/c21-30(27,28)16-8-6-14(7-9-16)10-11-22-20-25-18-17(23-13-24-18)19(26-20)29-12-15-4-2-1-3-5-15/h6-9,13,15H,1-5,10-12H2,(H2,21,27,28)(H2,22,23,24,25,26). The number of nitrogens with one attached hydrogen (secondary N) is 2. The van der Waals surface area contributed by atoms with Crippen LogP contribution in [0.15, 0.2) is 35.5 Å². The molecule has 0 amide bonds. The summed E-state index contributed by atoms with van der Waals surface area (Å²) >= 11 is 0. The fraction of sp³-hybridized carbons (Fsp3) is 0.450. The van der Waals surface area contributed by atoms with Crippen molar-refractivity contribution in [3.8, 4) is 5.88 Å². The van der Waals surface area contributed by atoms with Crippen LogP contribution in [0.1, 0.15) is 37.7 Å². The van der Waals surface area contributed by atoms with E-state index in [9.17, 15) is 8.42 Å². The van der Waals surface area contributed by atoms with Crippen molar-refractivity contribution in [2.45, 2.75) is 43.4 Å². The number of nitrogens with two attached hydrogens (primary N) is 1. The van der Waals surface area contributed by atoms with E-state index < -0.39 is 10.0 Å². The second-order valence-electron chi connectivity index (χ2n) is 7.63. The Labute approximate surface area is 175 Å². The highest BCUT2D eigenvalue weighted by atomic mass is 32.2. The number of primary sulfonamides is 1. The van der Waals surface area contributed by atoms with Crippen LogP contribution in [0.5, 0.6) is 5.88 Å². The SMILES string of the molecule is NS(=O)(=O)c1ccc(CCNc2nc(OCC3CCCCC3)c3[nH]cnc3n2)cc1. The average molecular weight is 431 g/mol. The lowest BCUT2D eigenvalue weighted by molar-refractivity contribution is 0.205. The fourth-order valence-electron chi connectivity index (χ4n) is 3.71. The molecule has 1 aromatic carbocycles. The van der Waals surface area contributed by atoms with E-state index in [-0.39, 0.29) is 4.90 Å². The third-order valence-corrected chi connectivity index (χ3v) is 6.31. The van der Waals surface area contributed by atoms with Gasteiger partial charge in [-0.3, -0.25) is 0 Å². The van der Waals surface area contributed by atoms with Gasteiger partial charge in [0, 0.05) is 6.54 Å². The van der Waals surface area contributed by atoms with Gasteiger partial charge in [0.1, 0.15) is 5.52 Å². The van der Waals surface area contributed by atoms with E-state index in [0.717, 1.165) is 5.56 Å². The van der Waals surface area contributed by atoms with Crippen molar-refractivity contribution in [3.63, 3.8) is 0 Å². The molecule has 3 aromatic rings. The molecule has 160 valence electrons. The summed E-state index contributed by atoms with van der Waals surface area (Å²) in [4.78, 5) is 16.3. The molecule has 4 rings (SSSR count). The van der Waals surface area contributed by atoms with Crippen LogP contribution >= 0.6 is 0 Å². The second-order valence-corrected chi connectivity index (χ2v) is 9.20. The number of nitrogens with zero attached hydrogens (tertiary/aromatic N) is 3. The number of fused-ring (bicyclic) bond motifs is 1. The summed E-state index contributed by atoms with van der Waals surface area (Å²) in [5.41, 5.74) is 2.24. The van der Waals surface area contributed by atoms with Crippen LogP contribution in [-0.2, 0) is 16.4 Å². The Kier molecular flexibility index (Phi) is 6.14. The molecule has 0 unspecified atom stereocenters. The molecule has 1 aliphatic rings. The maximum absolute atomic E-state index is 11.3. The smallest absolute Gasteiger partial charge is 0.245 e. The van der Waals surface area contributed by atoms with Gasteiger partial charge in [0.2, 0.25) is 21.9 Å². The molecule has 9 nitrogen and oxygen atoms in total. The molecule has 2 aromatic heterocycles. The molecule has 1 fully saturated rings. The molecular formula is C20H26N6O3S. The van der Waals surface area contributed by atoms with Gasteiger partial charge in [-0.25, -0.2) is 18.5 Å². The zero-order chi connectivity index (χ0) is 21.0. The summed E-state index contributed by atoms with van der Waals surface area (Å²) in [6, 6.07) is 6.51. The van der Waals surface area contributed by atoms with Gasteiger partial charge in [-0.05, 0) is 42.9 Å². The minimum Gasteiger partial charge on any atom is -0.476 e. The monoisotopic (exact) mass is 430 g/mol. The Morgan fingerprint density at radius 2 is 1.90 bits per heavy atom. The zero-order valence-electron chi connectivity index (χ0n) is 16.7. The van der Waals surface area contributed by atoms with E-state index >= 15 is 0 Å². The second kappa shape index (κ2) is 8.97. The normalized spacial score (nSPS) is 15.4. The van der Waals surface area contributed by atoms with Gasteiger partial charge >= 0.3 is 0 Å². The van der Waals surface area contributed by atoms with Gasteiger partial charge < -0.3 is 15.0 Å².